The van der Waals surface area contributed by atoms with Crippen LogP contribution in [0, 0.1) is 5.92 Å². The van der Waals surface area contributed by atoms with Gasteiger partial charge in [0.05, 0.1) is 22.9 Å². The van der Waals surface area contributed by atoms with Gasteiger partial charge in [-0.3, -0.25) is 9.59 Å². The van der Waals surface area contributed by atoms with Crippen LogP contribution in [0.4, 0.5) is 30.2 Å². The zero-order valence-electron chi connectivity index (χ0n) is 20.2. The second-order valence-corrected chi connectivity index (χ2v) is 9.54. The molecule has 188 valence electrons. The van der Waals surface area contributed by atoms with E-state index in [2.05, 4.69) is 19.2 Å². The average Bonchev–Trinajstić information content (AvgIpc) is 3.25. The number of nitrogens with zero attached hydrogens (tertiary/aromatic N) is 2. The zero-order valence-corrected chi connectivity index (χ0v) is 20.2. The summed E-state index contributed by atoms with van der Waals surface area (Å²) in [4.78, 5) is 29.8. The van der Waals surface area contributed by atoms with Gasteiger partial charge >= 0.3 is 6.18 Å². The molecule has 0 spiro atoms. The minimum absolute atomic E-state index is 0.0265. The fourth-order valence-electron chi connectivity index (χ4n) is 4.94. The Kier molecular flexibility index (Phi) is 7.38. The van der Waals surface area contributed by atoms with Crippen molar-refractivity contribution in [2.75, 3.05) is 34.8 Å². The molecule has 0 aliphatic carbocycles. The number of hydrogen-bond acceptors (Lipinski definition) is 3. The molecule has 1 N–H and O–H groups in total. The first-order chi connectivity index (χ1) is 16.7. The van der Waals surface area contributed by atoms with Crippen LogP contribution in [0.25, 0.3) is 0 Å². The van der Waals surface area contributed by atoms with E-state index in [4.69, 9.17) is 0 Å². The molecule has 0 radical (unpaired) electrons. The summed E-state index contributed by atoms with van der Waals surface area (Å²) < 4.78 is 40.3. The Labute approximate surface area is 204 Å². The van der Waals surface area contributed by atoms with Crippen LogP contribution in [-0.4, -0.2) is 31.4 Å². The van der Waals surface area contributed by atoms with Gasteiger partial charge in [-0.1, -0.05) is 32.0 Å². The number of carbonyl (C=O) groups excluding carboxylic acids is 2. The van der Waals surface area contributed by atoms with Crippen LogP contribution in [0.3, 0.4) is 0 Å². The number of rotatable bonds is 6. The van der Waals surface area contributed by atoms with Crippen LogP contribution in [0.2, 0.25) is 0 Å². The third kappa shape index (κ3) is 5.46. The van der Waals surface area contributed by atoms with Gasteiger partial charge in [-0.05, 0) is 61.4 Å². The Morgan fingerprint density at radius 1 is 1.09 bits per heavy atom. The second-order valence-electron chi connectivity index (χ2n) is 9.54. The summed E-state index contributed by atoms with van der Waals surface area (Å²) in [6.07, 6.45) is -0.584. The van der Waals surface area contributed by atoms with E-state index in [0.717, 1.165) is 62.2 Å². The van der Waals surface area contributed by atoms with Crippen molar-refractivity contribution in [2.24, 2.45) is 5.92 Å². The maximum absolute atomic E-state index is 13.4. The van der Waals surface area contributed by atoms with E-state index in [0.29, 0.717) is 5.69 Å². The monoisotopic (exact) mass is 487 g/mol. The molecule has 2 aliphatic rings. The number of alkyl halides is 3. The van der Waals surface area contributed by atoms with Gasteiger partial charge < -0.3 is 15.1 Å². The van der Waals surface area contributed by atoms with Crippen LogP contribution >= 0.6 is 0 Å². The van der Waals surface area contributed by atoms with E-state index >= 15 is 0 Å². The fourth-order valence-corrected chi connectivity index (χ4v) is 4.94. The summed E-state index contributed by atoms with van der Waals surface area (Å²) in [6.45, 7) is 5.85. The van der Waals surface area contributed by atoms with E-state index in [1.54, 1.807) is 4.90 Å². The van der Waals surface area contributed by atoms with E-state index in [9.17, 15) is 22.8 Å². The first-order valence-corrected chi connectivity index (χ1v) is 12.4. The molecule has 2 aromatic carbocycles. The van der Waals surface area contributed by atoms with Crippen molar-refractivity contribution in [3.63, 3.8) is 0 Å². The van der Waals surface area contributed by atoms with Crippen molar-refractivity contribution >= 4 is 28.9 Å². The first kappa shape index (κ1) is 25.1. The summed E-state index contributed by atoms with van der Waals surface area (Å²) >= 11 is 0. The average molecular weight is 488 g/mol. The van der Waals surface area contributed by atoms with Crippen LogP contribution < -0.4 is 15.1 Å². The number of benzene rings is 2. The molecule has 0 unspecified atom stereocenters. The van der Waals surface area contributed by atoms with Crippen LogP contribution in [0.5, 0.6) is 0 Å². The fraction of sp³-hybridized carbons (Fsp3) is 0.481. The standard InChI is InChI=1S/C27H32F3N3O2/c1-3-18(2)21-9-5-6-10-23(21)33-17-19(15-25(33)34)26(35)31-22-16-20(27(28,29)30)11-12-24(22)32-13-7-4-8-14-32/h5-6,9-12,16,18-19H,3-4,7-8,13-15,17H2,1-2H3,(H,31,35)/t18-,19+/m1/s1. The highest BCUT2D eigenvalue weighted by molar-refractivity contribution is 6.04. The summed E-state index contributed by atoms with van der Waals surface area (Å²) in [5.74, 6) is -0.971. The molecule has 5 nitrogen and oxygen atoms in total. The van der Waals surface area contributed by atoms with Gasteiger partial charge in [0.15, 0.2) is 0 Å². The van der Waals surface area contributed by atoms with Crippen LogP contribution in [0.1, 0.15) is 63.0 Å². The Morgan fingerprint density at radius 2 is 1.80 bits per heavy atom. The maximum Gasteiger partial charge on any atom is 0.416 e. The normalized spacial score (nSPS) is 19.7. The van der Waals surface area contributed by atoms with Crippen molar-refractivity contribution in [1.82, 2.24) is 0 Å². The number of para-hydroxylation sites is 1. The molecule has 2 saturated heterocycles. The molecule has 0 saturated carbocycles. The molecule has 2 amide bonds. The highest BCUT2D eigenvalue weighted by Gasteiger charge is 2.37. The maximum atomic E-state index is 13.4. The summed E-state index contributed by atoms with van der Waals surface area (Å²) in [6, 6.07) is 11.2. The second kappa shape index (κ2) is 10.3. The number of nitrogens with one attached hydrogen (secondary N) is 1. The van der Waals surface area contributed by atoms with Gasteiger partial charge in [0.2, 0.25) is 11.8 Å². The summed E-state index contributed by atoms with van der Waals surface area (Å²) in [5, 5.41) is 2.74. The molecule has 2 fully saturated rings. The van der Waals surface area contributed by atoms with E-state index in [-0.39, 0.29) is 30.5 Å². The number of anilines is 3. The molecule has 2 heterocycles. The molecule has 8 heteroatoms. The Hall–Kier alpha value is -3.03. The van der Waals surface area contributed by atoms with Crippen LogP contribution in [-0.2, 0) is 15.8 Å². The minimum atomic E-state index is -4.51. The van der Waals surface area contributed by atoms with Gasteiger partial charge in [-0.15, -0.1) is 0 Å². The van der Waals surface area contributed by atoms with Gasteiger partial charge in [-0.25, -0.2) is 0 Å². The molecule has 2 aliphatic heterocycles. The SMILES string of the molecule is CC[C@@H](C)c1ccccc1N1C[C@@H](C(=O)Nc2cc(C(F)(F)F)ccc2N2CCCCC2)CC1=O. The molecule has 0 aromatic heterocycles. The number of hydrogen-bond donors (Lipinski definition) is 1. The largest absolute Gasteiger partial charge is 0.416 e. The first-order valence-electron chi connectivity index (χ1n) is 12.4. The lowest BCUT2D eigenvalue weighted by Crippen LogP contribution is -2.32. The van der Waals surface area contributed by atoms with E-state index < -0.39 is 23.6 Å². The minimum Gasteiger partial charge on any atom is -0.370 e. The van der Waals surface area contributed by atoms with E-state index in [1.807, 2.05) is 29.2 Å². The molecule has 2 aromatic rings. The molecular weight excluding hydrogens is 455 g/mol. The smallest absolute Gasteiger partial charge is 0.370 e. The van der Waals surface area contributed by atoms with Crippen molar-refractivity contribution in [1.29, 1.82) is 0 Å². The molecule has 0 bridgehead atoms. The Morgan fingerprint density at radius 3 is 2.49 bits per heavy atom. The van der Waals surface area contributed by atoms with Crippen LogP contribution in [0.15, 0.2) is 42.5 Å². The lowest BCUT2D eigenvalue weighted by molar-refractivity contribution is -0.137. The molecule has 35 heavy (non-hydrogen) atoms. The molecule has 4 rings (SSSR count). The number of piperidine rings is 1. The van der Waals surface area contributed by atoms with Gasteiger partial charge in [0.25, 0.3) is 0 Å². The number of carbonyl (C=O) groups is 2. The van der Waals surface area contributed by atoms with Crippen molar-refractivity contribution < 1.29 is 22.8 Å². The predicted octanol–water partition coefficient (Wildman–Crippen LogP) is 6.20. The lowest BCUT2D eigenvalue weighted by atomic mass is 9.96. The lowest BCUT2D eigenvalue weighted by Gasteiger charge is -2.31. The number of amides is 2. The highest BCUT2D eigenvalue weighted by atomic mass is 19.4. The van der Waals surface area contributed by atoms with Crippen molar-refractivity contribution in [3.8, 4) is 0 Å². The van der Waals surface area contributed by atoms with Crippen molar-refractivity contribution in [3.05, 3.63) is 53.6 Å². The molecular formula is C27H32F3N3O2. The zero-order chi connectivity index (χ0) is 25.2. The topological polar surface area (TPSA) is 52.7 Å². The third-order valence-electron chi connectivity index (χ3n) is 7.15. The molecule has 2 atom stereocenters. The third-order valence-corrected chi connectivity index (χ3v) is 7.15. The van der Waals surface area contributed by atoms with Gasteiger partial charge in [0, 0.05) is 31.7 Å². The Balaban J connectivity index is 1.57. The summed E-state index contributed by atoms with van der Waals surface area (Å²) in [7, 11) is 0. The van der Waals surface area contributed by atoms with Crippen molar-refractivity contribution in [2.45, 2.75) is 58.0 Å². The quantitative estimate of drug-likeness (QED) is 0.528. The predicted molar refractivity (Wildman–Crippen MR) is 132 cm³/mol. The van der Waals surface area contributed by atoms with E-state index in [1.165, 1.54) is 6.07 Å². The Bertz CT molecular complexity index is 1080. The highest BCUT2D eigenvalue weighted by Crippen LogP contribution is 2.38. The summed E-state index contributed by atoms with van der Waals surface area (Å²) in [5.41, 5.74) is 1.79. The van der Waals surface area contributed by atoms with Gasteiger partial charge in [0.1, 0.15) is 0 Å². The van der Waals surface area contributed by atoms with Gasteiger partial charge in [-0.2, -0.15) is 13.2 Å². The number of halogens is 3.